The highest BCUT2D eigenvalue weighted by molar-refractivity contribution is 6.06. The quantitative estimate of drug-likeness (QED) is 0.503. The molecular formula is C24H36O8. The molecular weight excluding hydrogens is 416 g/mol. The predicted molar refractivity (Wildman–Crippen MR) is 112 cm³/mol. The summed E-state index contributed by atoms with van der Waals surface area (Å²) < 4.78 is 22.6. The van der Waals surface area contributed by atoms with Crippen molar-refractivity contribution in [2.24, 2.45) is 28.1 Å². The molecule has 2 saturated heterocycles. The summed E-state index contributed by atoms with van der Waals surface area (Å²) in [6, 6.07) is 0. The molecule has 2 saturated carbocycles. The van der Waals surface area contributed by atoms with Crippen LogP contribution in [0.1, 0.15) is 66.2 Å². The summed E-state index contributed by atoms with van der Waals surface area (Å²) >= 11 is 0. The molecule has 0 unspecified atom stereocenters. The molecule has 1 N–H and O–H groups in total. The normalized spacial score (nSPS) is 47.5. The van der Waals surface area contributed by atoms with Crippen molar-refractivity contribution in [3.8, 4) is 0 Å². The van der Waals surface area contributed by atoms with Crippen LogP contribution >= 0.6 is 0 Å². The number of rotatable bonds is 2. The third-order valence-electron chi connectivity index (χ3n) is 9.68. The Kier molecular flexibility index (Phi) is 5.35. The zero-order valence-electron chi connectivity index (χ0n) is 20.0. The van der Waals surface area contributed by atoms with Gasteiger partial charge in [0.25, 0.3) is 0 Å². The average molecular weight is 453 g/mol. The molecule has 2 aliphatic heterocycles. The molecule has 8 nitrogen and oxygen atoms in total. The van der Waals surface area contributed by atoms with E-state index in [-0.39, 0.29) is 36.6 Å². The minimum Gasteiger partial charge on any atom is -0.469 e. The van der Waals surface area contributed by atoms with Crippen LogP contribution < -0.4 is 0 Å². The third kappa shape index (κ3) is 2.75. The first kappa shape index (κ1) is 23.6. The van der Waals surface area contributed by atoms with Gasteiger partial charge in [-0.2, -0.15) is 0 Å². The number of hydrogen-bond donors (Lipinski definition) is 1. The number of carbonyl (C=O) groups excluding carboxylic acids is 3. The molecule has 2 spiro atoms. The Morgan fingerprint density at radius 1 is 1.06 bits per heavy atom. The topological polar surface area (TPSA) is 108 Å². The summed E-state index contributed by atoms with van der Waals surface area (Å²) in [5.74, 6) is -1.62. The first-order chi connectivity index (χ1) is 14.8. The Balaban J connectivity index is 1.87. The fourth-order valence-electron chi connectivity index (χ4n) is 7.82. The molecule has 2 aliphatic carbocycles. The third-order valence-corrected chi connectivity index (χ3v) is 9.68. The monoisotopic (exact) mass is 452 g/mol. The van der Waals surface area contributed by atoms with E-state index in [0.29, 0.717) is 32.1 Å². The Bertz CT molecular complexity index is 838. The smallest absolute Gasteiger partial charge is 0.322 e. The van der Waals surface area contributed by atoms with E-state index in [2.05, 4.69) is 6.92 Å². The van der Waals surface area contributed by atoms with Gasteiger partial charge >= 0.3 is 11.9 Å². The molecule has 0 aromatic heterocycles. The molecule has 4 fully saturated rings. The summed E-state index contributed by atoms with van der Waals surface area (Å²) in [5.41, 5.74) is -4.47. The highest BCUT2D eigenvalue weighted by Gasteiger charge is 2.78. The summed E-state index contributed by atoms with van der Waals surface area (Å²) in [6.07, 6.45) is 1.79. The Labute approximate surface area is 189 Å². The number of aliphatic hydroxyl groups excluding tert-OH is 1. The SMILES string of the molecule is COC(=O)[C@@H]1CC[C@@]2(C)[C@@H](CC(=O)[C@](C)(C(=O)OC)[C@]23CC[C@]2(CO[C@H](O)C2)O3)C1(C)C. The second-order valence-electron chi connectivity index (χ2n) is 11.2. The van der Waals surface area contributed by atoms with Crippen LogP contribution in [0.2, 0.25) is 0 Å². The van der Waals surface area contributed by atoms with Crippen molar-refractivity contribution in [3.05, 3.63) is 0 Å². The van der Waals surface area contributed by atoms with Crippen molar-refractivity contribution >= 4 is 17.7 Å². The zero-order chi connectivity index (χ0) is 23.7. The van der Waals surface area contributed by atoms with E-state index in [1.165, 1.54) is 14.2 Å². The van der Waals surface area contributed by atoms with Crippen LogP contribution in [0.5, 0.6) is 0 Å². The van der Waals surface area contributed by atoms with Crippen molar-refractivity contribution in [2.75, 3.05) is 20.8 Å². The lowest BCUT2D eigenvalue weighted by Gasteiger charge is -2.66. The van der Waals surface area contributed by atoms with E-state index in [4.69, 9.17) is 18.9 Å². The molecule has 0 amide bonds. The number of ether oxygens (including phenoxy) is 4. The number of esters is 2. The number of fused-ring (bicyclic) bond motifs is 2. The first-order valence-electron chi connectivity index (χ1n) is 11.5. The van der Waals surface area contributed by atoms with Crippen molar-refractivity contribution < 1.29 is 38.4 Å². The second kappa shape index (κ2) is 7.24. The maximum atomic E-state index is 13.8. The molecule has 4 aliphatic rings. The van der Waals surface area contributed by atoms with E-state index < -0.39 is 39.7 Å². The van der Waals surface area contributed by atoms with Gasteiger partial charge in [-0.05, 0) is 43.9 Å². The van der Waals surface area contributed by atoms with Gasteiger partial charge < -0.3 is 24.1 Å². The lowest BCUT2D eigenvalue weighted by atomic mass is 9.39. The van der Waals surface area contributed by atoms with Gasteiger partial charge in [-0.1, -0.05) is 20.8 Å². The van der Waals surface area contributed by atoms with Gasteiger partial charge in [-0.15, -0.1) is 0 Å². The summed E-state index contributed by atoms with van der Waals surface area (Å²) in [5, 5.41) is 10.1. The van der Waals surface area contributed by atoms with E-state index in [1.807, 2.05) is 13.8 Å². The fourth-order valence-corrected chi connectivity index (χ4v) is 7.82. The minimum absolute atomic E-state index is 0.166. The minimum atomic E-state index is -1.49. The van der Waals surface area contributed by atoms with Gasteiger partial charge in [0.2, 0.25) is 0 Å². The van der Waals surface area contributed by atoms with E-state index in [0.717, 1.165) is 0 Å². The standard InChI is InChI=1S/C24H36O8/c1-20(2)14(18(27)29-5)7-8-21(3)15(20)11-16(25)22(4,19(28)30-6)24(21)10-9-23(32-24)12-17(26)31-13-23/h14-15,17,26H,7-13H2,1-6H3/t14-,15-,17-,21-,22+,23-,24-/m0/s1. The molecule has 180 valence electrons. The van der Waals surface area contributed by atoms with Crippen molar-refractivity contribution in [1.82, 2.24) is 0 Å². The maximum absolute atomic E-state index is 13.8. The van der Waals surface area contributed by atoms with Crippen LogP contribution in [-0.2, 0) is 33.3 Å². The number of carbonyl (C=O) groups is 3. The molecule has 2 heterocycles. The summed E-state index contributed by atoms with van der Waals surface area (Å²) in [4.78, 5) is 39.7. The molecule has 32 heavy (non-hydrogen) atoms. The average Bonchev–Trinajstić information content (AvgIpc) is 3.31. The predicted octanol–water partition coefficient (Wildman–Crippen LogP) is 2.40. The van der Waals surface area contributed by atoms with Crippen LogP contribution in [0, 0.1) is 28.1 Å². The molecule has 0 bridgehead atoms. The highest BCUT2D eigenvalue weighted by atomic mass is 16.6. The molecule has 0 aromatic carbocycles. The van der Waals surface area contributed by atoms with Crippen LogP contribution in [0.15, 0.2) is 0 Å². The van der Waals surface area contributed by atoms with Gasteiger partial charge in [0.1, 0.15) is 0 Å². The van der Waals surface area contributed by atoms with Gasteiger partial charge in [0, 0.05) is 18.3 Å². The van der Waals surface area contributed by atoms with Crippen LogP contribution in [0.3, 0.4) is 0 Å². The summed E-state index contributed by atoms with van der Waals surface area (Å²) in [7, 11) is 2.69. The number of hydrogen-bond acceptors (Lipinski definition) is 8. The Morgan fingerprint density at radius 2 is 1.75 bits per heavy atom. The number of ketones is 1. The molecule has 7 atom stereocenters. The number of Topliss-reactive ketones (excluding diaryl/α,β-unsaturated/α-hetero) is 1. The van der Waals surface area contributed by atoms with Crippen LogP contribution in [0.4, 0.5) is 0 Å². The fraction of sp³-hybridized carbons (Fsp3) is 0.875. The van der Waals surface area contributed by atoms with Crippen molar-refractivity contribution in [3.63, 3.8) is 0 Å². The lowest BCUT2D eigenvalue weighted by Crippen LogP contribution is -2.73. The van der Waals surface area contributed by atoms with Gasteiger partial charge in [0.05, 0.1) is 37.9 Å². The Morgan fingerprint density at radius 3 is 2.31 bits per heavy atom. The van der Waals surface area contributed by atoms with Gasteiger partial charge in [-0.3, -0.25) is 14.4 Å². The van der Waals surface area contributed by atoms with Crippen LogP contribution in [-0.4, -0.2) is 61.1 Å². The first-order valence-corrected chi connectivity index (χ1v) is 11.5. The molecule has 4 rings (SSSR count). The largest absolute Gasteiger partial charge is 0.469 e. The van der Waals surface area contributed by atoms with Crippen molar-refractivity contribution in [1.29, 1.82) is 0 Å². The van der Waals surface area contributed by atoms with Gasteiger partial charge in [0.15, 0.2) is 17.5 Å². The van der Waals surface area contributed by atoms with E-state index in [1.54, 1.807) is 6.92 Å². The molecule has 8 heteroatoms. The van der Waals surface area contributed by atoms with E-state index >= 15 is 0 Å². The summed E-state index contributed by atoms with van der Waals surface area (Å²) in [6.45, 7) is 8.02. The zero-order valence-corrected chi connectivity index (χ0v) is 20.0. The van der Waals surface area contributed by atoms with Crippen molar-refractivity contribution in [2.45, 2.75) is 83.7 Å². The molecule has 0 radical (unpaired) electrons. The van der Waals surface area contributed by atoms with Gasteiger partial charge in [-0.25, -0.2) is 0 Å². The number of methoxy groups -OCH3 is 2. The van der Waals surface area contributed by atoms with E-state index in [9.17, 15) is 19.5 Å². The maximum Gasteiger partial charge on any atom is 0.322 e. The number of aliphatic hydroxyl groups is 1. The second-order valence-corrected chi connectivity index (χ2v) is 11.2. The highest BCUT2D eigenvalue weighted by Crippen LogP contribution is 2.71. The Hall–Kier alpha value is -1.51. The van der Waals surface area contributed by atoms with Crippen LogP contribution in [0.25, 0.3) is 0 Å². The molecule has 0 aromatic rings. The lowest BCUT2D eigenvalue weighted by molar-refractivity contribution is -0.270.